The Kier molecular flexibility index (Phi) is 5.49. The van der Waals surface area contributed by atoms with E-state index < -0.39 is 0 Å². The Bertz CT molecular complexity index is 483. The highest BCUT2D eigenvalue weighted by molar-refractivity contribution is 8.21. The summed E-state index contributed by atoms with van der Waals surface area (Å²) in [4.78, 5) is 14.7. The number of hydrogen-bond donors (Lipinski definition) is 1. The van der Waals surface area contributed by atoms with Crippen molar-refractivity contribution < 1.29 is 4.79 Å². The molecule has 1 amide bonds. The van der Waals surface area contributed by atoms with Gasteiger partial charge in [-0.3, -0.25) is 9.69 Å². The van der Waals surface area contributed by atoms with E-state index in [1.54, 1.807) is 23.5 Å². The van der Waals surface area contributed by atoms with E-state index in [1.165, 1.54) is 37.9 Å². The zero-order chi connectivity index (χ0) is 14.5. The third kappa shape index (κ3) is 4.41. The normalized spacial score (nSPS) is 20.6. The highest BCUT2D eigenvalue weighted by atomic mass is 32.2. The number of rotatable bonds is 4. The summed E-state index contributed by atoms with van der Waals surface area (Å²) in [7, 11) is 0. The Balaban J connectivity index is 1.58. The van der Waals surface area contributed by atoms with Gasteiger partial charge in [0, 0.05) is 23.7 Å². The SMILES string of the molecule is O=C(Nc1cccc(CN2CCCCC2)c1)C1SCCS1. The Hall–Kier alpha value is -0.650. The summed E-state index contributed by atoms with van der Waals surface area (Å²) in [5, 5.41) is 3.06. The lowest BCUT2D eigenvalue weighted by Gasteiger charge is -2.26. The lowest BCUT2D eigenvalue weighted by molar-refractivity contribution is -0.114. The number of carbonyl (C=O) groups is 1. The van der Waals surface area contributed by atoms with Crippen molar-refractivity contribution in [2.75, 3.05) is 29.9 Å². The van der Waals surface area contributed by atoms with Crippen molar-refractivity contribution in [3.05, 3.63) is 29.8 Å². The summed E-state index contributed by atoms with van der Waals surface area (Å²) < 4.78 is 0.0655. The number of amides is 1. The van der Waals surface area contributed by atoms with Gasteiger partial charge in [-0.2, -0.15) is 0 Å². The van der Waals surface area contributed by atoms with Crippen molar-refractivity contribution in [3.63, 3.8) is 0 Å². The lowest BCUT2D eigenvalue weighted by Crippen LogP contribution is -2.29. The van der Waals surface area contributed by atoms with Crippen molar-refractivity contribution >= 4 is 35.1 Å². The molecule has 2 fully saturated rings. The number of hydrogen-bond acceptors (Lipinski definition) is 4. The Morgan fingerprint density at radius 2 is 1.95 bits per heavy atom. The molecule has 5 heteroatoms. The average Bonchev–Trinajstić information content (AvgIpc) is 3.03. The molecule has 2 heterocycles. The monoisotopic (exact) mass is 322 g/mol. The van der Waals surface area contributed by atoms with Gasteiger partial charge in [-0.25, -0.2) is 0 Å². The molecule has 0 bridgehead atoms. The zero-order valence-corrected chi connectivity index (χ0v) is 13.8. The summed E-state index contributed by atoms with van der Waals surface area (Å²) in [6, 6.07) is 8.31. The molecule has 21 heavy (non-hydrogen) atoms. The van der Waals surface area contributed by atoms with E-state index in [0.29, 0.717) is 0 Å². The first-order valence-electron chi connectivity index (χ1n) is 7.67. The van der Waals surface area contributed by atoms with Crippen LogP contribution in [-0.4, -0.2) is 40.0 Å². The van der Waals surface area contributed by atoms with Crippen molar-refractivity contribution in [2.24, 2.45) is 0 Å². The summed E-state index contributed by atoms with van der Waals surface area (Å²) >= 11 is 3.49. The lowest BCUT2D eigenvalue weighted by atomic mass is 10.1. The van der Waals surface area contributed by atoms with Crippen LogP contribution >= 0.6 is 23.5 Å². The maximum absolute atomic E-state index is 12.2. The van der Waals surface area contributed by atoms with E-state index in [4.69, 9.17) is 0 Å². The second-order valence-electron chi connectivity index (χ2n) is 5.60. The van der Waals surface area contributed by atoms with Crippen molar-refractivity contribution in [1.29, 1.82) is 0 Å². The average molecular weight is 322 g/mol. The highest BCUT2D eigenvalue weighted by Crippen LogP contribution is 2.32. The topological polar surface area (TPSA) is 32.3 Å². The van der Waals surface area contributed by atoms with Gasteiger partial charge in [0.05, 0.1) is 0 Å². The molecule has 0 aromatic heterocycles. The van der Waals surface area contributed by atoms with Gasteiger partial charge in [0.1, 0.15) is 4.58 Å². The minimum atomic E-state index is 0.0655. The van der Waals surface area contributed by atoms with E-state index >= 15 is 0 Å². The van der Waals surface area contributed by atoms with E-state index in [0.717, 1.165) is 23.7 Å². The van der Waals surface area contributed by atoms with E-state index in [9.17, 15) is 4.79 Å². The summed E-state index contributed by atoms with van der Waals surface area (Å²) in [6.45, 7) is 3.40. The van der Waals surface area contributed by atoms with Crippen LogP contribution in [0.15, 0.2) is 24.3 Å². The molecule has 0 atom stereocenters. The molecule has 1 N–H and O–H groups in total. The predicted octanol–water partition coefficient (Wildman–Crippen LogP) is 3.42. The van der Waals surface area contributed by atoms with Crippen LogP contribution in [0.2, 0.25) is 0 Å². The number of thioether (sulfide) groups is 2. The molecule has 114 valence electrons. The van der Waals surface area contributed by atoms with Crippen LogP contribution < -0.4 is 5.32 Å². The quantitative estimate of drug-likeness (QED) is 0.920. The van der Waals surface area contributed by atoms with Gasteiger partial charge in [-0.15, -0.1) is 23.5 Å². The molecule has 1 aromatic carbocycles. The van der Waals surface area contributed by atoms with Crippen LogP contribution in [0.4, 0.5) is 5.69 Å². The largest absolute Gasteiger partial charge is 0.324 e. The number of nitrogens with one attached hydrogen (secondary N) is 1. The van der Waals surface area contributed by atoms with Crippen molar-refractivity contribution in [3.8, 4) is 0 Å². The van der Waals surface area contributed by atoms with Crippen molar-refractivity contribution in [1.82, 2.24) is 4.90 Å². The molecular weight excluding hydrogens is 300 g/mol. The third-order valence-corrected chi connectivity index (χ3v) is 6.87. The van der Waals surface area contributed by atoms with Crippen LogP contribution in [0, 0.1) is 0 Å². The van der Waals surface area contributed by atoms with E-state index in [1.807, 2.05) is 12.1 Å². The molecule has 0 unspecified atom stereocenters. The second kappa shape index (κ2) is 7.56. The molecule has 0 saturated carbocycles. The number of piperidine rings is 1. The number of anilines is 1. The number of carbonyl (C=O) groups excluding carboxylic acids is 1. The molecule has 0 radical (unpaired) electrons. The molecular formula is C16H22N2OS2. The standard InChI is InChI=1S/C16H22N2OS2/c19-15(16-20-9-10-21-16)17-14-6-4-5-13(11-14)12-18-7-2-1-3-8-18/h4-6,11,16H,1-3,7-10,12H2,(H,17,19). The molecule has 3 rings (SSSR count). The van der Waals surface area contributed by atoms with E-state index in [2.05, 4.69) is 22.3 Å². The first-order valence-corrected chi connectivity index (χ1v) is 9.76. The number of nitrogens with zero attached hydrogens (tertiary/aromatic N) is 1. The second-order valence-corrected chi connectivity index (χ2v) is 8.32. The van der Waals surface area contributed by atoms with Gasteiger partial charge in [-0.1, -0.05) is 18.6 Å². The fourth-order valence-corrected chi connectivity index (χ4v) is 5.41. The first kappa shape index (κ1) is 15.3. The fraction of sp³-hybridized carbons (Fsp3) is 0.562. The van der Waals surface area contributed by atoms with Gasteiger partial charge < -0.3 is 5.32 Å². The molecule has 2 saturated heterocycles. The number of likely N-dealkylation sites (tertiary alicyclic amines) is 1. The Morgan fingerprint density at radius 1 is 1.19 bits per heavy atom. The smallest absolute Gasteiger partial charge is 0.247 e. The van der Waals surface area contributed by atoms with Gasteiger partial charge >= 0.3 is 0 Å². The van der Waals surface area contributed by atoms with Crippen LogP contribution in [0.5, 0.6) is 0 Å². The third-order valence-electron chi connectivity index (χ3n) is 3.89. The molecule has 3 nitrogen and oxygen atoms in total. The Labute approximate surface area is 135 Å². The molecule has 0 spiro atoms. The summed E-state index contributed by atoms with van der Waals surface area (Å²) in [5.41, 5.74) is 2.23. The van der Waals surface area contributed by atoms with Crippen LogP contribution in [-0.2, 0) is 11.3 Å². The fourth-order valence-electron chi connectivity index (χ4n) is 2.83. The summed E-state index contributed by atoms with van der Waals surface area (Å²) in [5.74, 6) is 2.30. The predicted molar refractivity (Wildman–Crippen MR) is 92.9 cm³/mol. The Morgan fingerprint density at radius 3 is 2.71 bits per heavy atom. The van der Waals surface area contributed by atoms with Gasteiger partial charge in [-0.05, 0) is 43.6 Å². The van der Waals surface area contributed by atoms with Gasteiger partial charge in [0.2, 0.25) is 5.91 Å². The molecule has 1 aromatic rings. The number of benzene rings is 1. The minimum absolute atomic E-state index is 0.0655. The van der Waals surface area contributed by atoms with Crippen LogP contribution in [0.3, 0.4) is 0 Å². The van der Waals surface area contributed by atoms with Crippen molar-refractivity contribution in [2.45, 2.75) is 30.4 Å². The van der Waals surface area contributed by atoms with Gasteiger partial charge in [0.25, 0.3) is 0 Å². The van der Waals surface area contributed by atoms with Crippen LogP contribution in [0.25, 0.3) is 0 Å². The highest BCUT2D eigenvalue weighted by Gasteiger charge is 2.24. The van der Waals surface area contributed by atoms with Crippen LogP contribution in [0.1, 0.15) is 24.8 Å². The maximum Gasteiger partial charge on any atom is 0.247 e. The summed E-state index contributed by atoms with van der Waals surface area (Å²) in [6.07, 6.45) is 3.99. The molecule has 0 aliphatic carbocycles. The maximum atomic E-state index is 12.2. The zero-order valence-electron chi connectivity index (χ0n) is 12.2. The van der Waals surface area contributed by atoms with Gasteiger partial charge in [0.15, 0.2) is 0 Å². The minimum Gasteiger partial charge on any atom is -0.324 e. The molecule has 2 aliphatic heterocycles. The first-order chi connectivity index (χ1) is 10.3. The van der Waals surface area contributed by atoms with E-state index in [-0.39, 0.29) is 10.5 Å². The molecule has 2 aliphatic rings.